The van der Waals surface area contributed by atoms with E-state index < -0.39 is 22.5 Å². The minimum Gasteiger partial charge on any atom is -0.316 e. The van der Waals surface area contributed by atoms with E-state index in [9.17, 15) is 13.2 Å². The van der Waals surface area contributed by atoms with Crippen LogP contribution in [0.15, 0.2) is 88.9 Å². The number of nitrogens with zero attached hydrogens (tertiary/aromatic N) is 3. The third-order valence-electron chi connectivity index (χ3n) is 6.02. The second-order valence-electron chi connectivity index (χ2n) is 8.66. The molecule has 196 valence electrons. The van der Waals surface area contributed by atoms with Crippen LogP contribution in [-0.4, -0.2) is 31.7 Å². The highest BCUT2D eigenvalue weighted by Crippen LogP contribution is 2.28. The Balaban J connectivity index is 1.57. The molecule has 38 heavy (non-hydrogen) atoms. The molecule has 4 aromatic rings. The molecule has 1 aromatic heterocycles. The number of sulfonamides is 1. The van der Waals surface area contributed by atoms with Gasteiger partial charge in [0, 0.05) is 22.0 Å². The number of carbonyl (C=O) groups is 1. The Hall–Kier alpha value is -3.59. The number of amides is 1. The lowest BCUT2D eigenvalue weighted by atomic mass is 10.2. The molecule has 0 saturated carbocycles. The van der Waals surface area contributed by atoms with E-state index in [1.807, 2.05) is 55.7 Å². The smallest absolute Gasteiger partial charge is 0.264 e. The van der Waals surface area contributed by atoms with Crippen LogP contribution in [-0.2, 0) is 14.8 Å². The first-order valence-corrected chi connectivity index (χ1v) is 13.9. The summed E-state index contributed by atoms with van der Waals surface area (Å²) in [4.78, 5) is 12.9. The van der Waals surface area contributed by atoms with Crippen LogP contribution in [0.2, 0.25) is 10.0 Å². The molecule has 1 amide bonds. The SMILES string of the molecule is Cc1ccc(N(CC(=O)N/N=C\c2cc(C)n(-c3ccccc3Cl)c2C)S(=O)(=O)c2ccccc2)cc1Cl. The summed E-state index contributed by atoms with van der Waals surface area (Å²) in [7, 11) is -4.05. The predicted molar refractivity (Wildman–Crippen MR) is 153 cm³/mol. The van der Waals surface area contributed by atoms with Gasteiger partial charge in [0.2, 0.25) is 0 Å². The summed E-state index contributed by atoms with van der Waals surface area (Å²) in [6.45, 7) is 5.19. The molecule has 10 heteroatoms. The van der Waals surface area contributed by atoms with E-state index in [-0.39, 0.29) is 10.6 Å². The minimum absolute atomic E-state index is 0.0556. The van der Waals surface area contributed by atoms with Gasteiger partial charge in [-0.25, -0.2) is 13.8 Å². The molecule has 0 radical (unpaired) electrons. The molecule has 0 aliphatic rings. The van der Waals surface area contributed by atoms with E-state index in [4.69, 9.17) is 23.2 Å². The summed E-state index contributed by atoms with van der Waals surface area (Å²) in [5.74, 6) is -0.614. The molecule has 0 spiro atoms. The zero-order valence-corrected chi connectivity index (χ0v) is 23.3. The fourth-order valence-electron chi connectivity index (χ4n) is 4.03. The normalized spacial score (nSPS) is 11.6. The van der Waals surface area contributed by atoms with E-state index in [0.29, 0.717) is 10.0 Å². The molecule has 0 aliphatic heterocycles. The third-order valence-corrected chi connectivity index (χ3v) is 8.53. The monoisotopic (exact) mass is 568 g/mol. The van der Waals surface area contributed by atoms with Gasteiger partial charge in [-0.15, -0.1) is 0 Å². The average molecular weight is 570 g/mol. The summed E-state index contributed by atoms with van der Waals surface area (Å²) < 4.78 is 29.9. The number of nitrogens with one attached hydrogen (secondary N) is 1. The van der Waals surface area contributed by atoms with Gasteiger partial charge in [0.25, 0.3) is 15.9 Å². The Labute approximate surface area is 232 Å². The first-order chi connectivity index (χ1) is 18.1. The fraction of sp³-hybridized carbons (Fsp3) is 0.143. The molecule has 0 atom stereocenters. The summed E-state index contributed by atoms with van der Waals surface area (Å²) in [6.07, 6.45) is 1.52. The van der Waals surface area contributed by atoms with Crippen LogP contribution in [0.5, 0.6) is 0 Å². The first kappa shape index (κ1) is 27.4. The number of para-hydroxylation sites is 1. The maximum atomic E-state index is 13.5. The third kappa shape index (κ3) is 5.78. The van der Waals surface area contributed by atoms with Crippen molar-refractivity contribution in [3.63, 3.8) is 0 Å². The lowest BCUT2D eigenvalue weighted by Crippen LogP contribution is -2.39. The van der Waals surface area contributed by atoms with Gasteiger partial charge in [0.15, 0.2) is 0 Å². The van der Waals surface area contributed by atoms with Crippen molar-refractivity contribution in [3.05, 3.63) is 111 Å². The molecule has 0 aliphatic carbocycles. The second kappa shape index (κ2) is 11.4. The fourth-order valence-corrected chi connectivity index (χ4v) is 5.86. The van der Waals surface area contributed by atoms with Crippen molar-refractivity contribution in [2.24, 2.45) is 5.10 Å². The lowest BCUT2D eigenvalue weighted by Gasteiger charge is -2.24. The average Bonchev–Trinajstić information content (AvgIpc) is 3.17. The van der Waals surface area contributed by atoms with Gasteiger partial charge in [-0.05, 0) is 68.8 Å². The topological polar surface area (TPSA) is 83.8 Å². The van der Waals surface area contributed by atoms with E-state index in [0.717, 1.165) is 32.5 Å². The quantitative estimate of drug-likeness (QED) is 0.207. The van der Waals surface area contributed by atoms with Crippen LogP contribution in [0.4, 0.5) is 5.69 Å². The van der Waals surface area contributed by atoms with Crippen molar-refractivity contribution in [1.29, 1.82) is 0 Å². The van der Waals surface area contributed by atoms with E-state index in [1.54, 1.807) is 30.3 Å². The van der Waals surface area contributed by atoms with E-state index in [2.05, 4.69) is 10.5 Å². The minimum atomic E-state index is -4.05. The van der Waals surface area contributed by atoms with Crippen molar-refractivity contribution in [3.8, 4) is 5.69 Å². The van der Waals surface area contributed by atoms with Crippen molar-refractivity contribution in [2.75, 3.05) is 10.8 Å². The summed E-state index contributed by atoms with van der Waals surface area (Å²) >= 11 is 12.7. The molecule has 0 fully saturated rings. The second-order valence-corrected chi connectivity index (χ2v) is 11.3. The number of anilines is 1. The predicted octanol–water partition coefficient (Wildman–Crippen LogP) is 6.05. The molecule has 0 unspecified atom stereocenters. The number of benzene rings is 3. The zero-order valence-electron chi connectivity index (χ0n) is 21.0. The number of halogens is 2. The molecule has 1 N–H and O–H groups in total. The van der Waals surface area contributed by atoms with Crippen molar-refractivity contribution >= 4 is 51.0 Å². The standard InChI is InChI=1S/C28H26Cl2N4O3S/c1-19-13-14-23(16-26(19)30)33(38(36,37)24-9-5-4-6-10-24)18-28(35)32-31-17-22-15-20(2)34(21(22)3)27-12-8-7-11-25(27)29/h4-17H,18H2,1-3H3,(H,32,35)/b31-17-. The number of hydrogen-bond acceptors (Lipinski definition) is 4. The number of hydrogen-bond donors (Lipinski definition) is 1. The molecule has 1 heterocycles. The first-order valence-electron chi connectivity index (χ1n) is 11.7. The summed E-state index contributed by atoms with van der Waals surface area (Å²) in [5, 5.41) is 5.09. The Morgan fingerprint density at radius 2 is 1.63 bits per heavy atom. The van der Waals surface area contributed by atoms with Crippen molar-refractivity contribution in [2.45, 2.75) is 25.7 Å². The maximum absolute atomic E-state index is 13.5. The number of hydrazone groups is 1. The largest absolute Gasteiger partial charge is 0.316 e. The highest BCUT2D eigenvalue weighted by atomic mass is 35.5. The van der Waals surface area contributed by atoms with Crippen LogP contribution < -0.4 is 9.73 Å². The molecular formula is C28H26Cl2N4O3S. The Kier molecular flexibility index (Phi) is 8.26. The maximum Gasteiger partial charge on any atom is 0.264 e. The van der Waals surface area contributed by atoms with Gasteiger partial charge in [0.1, 0.15) is 6.54 Å². The lowest BCUT2D eigenvalue weighted by molar-refractivity contribution is -0.119. The van der Waals surface area contributed by atoms with Crippen LogP contribution >= 0.6 is 23.2 Å². The molecule has 7 nitrogen and oxygen atoms in total. The van der Waals surface area contributed by atoms with E-state index in [1.165, 1.54) is 24.4 Å². The van der Waals surface area contributed by atoms with Crippen LogP contribution in [0.1, 0.15) is 22.5 Å². The number of rotatable bonds is 8. The van der Waals surface area contributed by atoms with Gasteiger partial charge < -0.3 is 4.57 Å². The van der Waals surface area contributed by atoms with Gasteiger partial charge in [-0.3, -0.25) is 9.10 Å². The number of carbonyl (C=O) groups excluding carboxylic acids is 1. The van der Waals surface area contributed by atoms with Gasteiger partial charge in [-0.1, -0.05) is 59.6 Å². The van der Waals surface area contributed by atoms with Gasteiger partial charge >= 0.3 is 0 Å². The molecule has 0 saturated heterocycles. The summed E-state index contributed by atoms with van der Waals surface area (Å²) in [6, 6.07) is 22.2. The van der Waals surface area contributed by atoms with E-state index >= 15 is 0 Å². The Bertz CT molecular complexity index is 1620. The number of aromatic nitrogens is 1. The highest BCUT2D eigenvalue weighted by molar-refractivity contribution is 7.92. The summed E-state index contributed by atoms with van der Waals surface area (Å²) in [5.41, 5.74) is 6.95. The van der Waals surface area contributed by atoms with Crippen molar-refractivity contribution < 1.29 is 13.2 Å². The van der Waals surface area contributed by atoms with Crippen molar-refractivity contribution in [1.82, 2.24) is 9.99 Å². The molecule has 3 aromatic carbocycles. The molecular weight excluding hydrogens is 543 g/mol. The Morgan fingerprint density at radius 1 is 0.947 bits per heavy atom. The Morgan fingerprint density at radius 3 is 2.32 bits per heavy atom. The van der Waals surface area contributed by atoms with Crippen LogP contribution in [0.3, 0.4) is 0 Å². The molecule has 4 rings (SSSR count). The van der Waals surface area contributed by atoms with Gasteiger partial charge in [0.05, 0.1) is 27.5 Å². The zero-order chi connectivity index (χ0) is 27.4. The number of aryl methyl sites for hydroxylation is 2. The molecule has 0 bridgehead atoms. The van der Waals surface area contributed by atoms with Crippen LogP contribution in [0, 0.1) is 20.8 Å². The highest BCUT2D eigenvalue weighted by Gasteiger charge is 2.27. The van der Waals surface area contributed by atoms with Crippen LogP contribution in [0.25, 0.3) is 5.69 Å². The van der Waals surface area contributed by atoms with Gasteiger partial charge in [-0.2, -0.15) is 5.10 Å².